The second-order valence-corrected chi connectivity index (χ2v) is 7.29. The van der Waals surface area contributed by atoms with Crippen molar-refractivity contribution in [2.75, 3.05) is 5.32 Å². The first kappa shape index (κ1) is 18.7. The van der Waals surface area contributed by atoms with Crippen molar-refractivity contribution in [1.29, 1.82) is 0 Å². The minimum Gasteiger partial charge on any atom is -0.339 e. The van der Waals surface area contributed by atoms with Crippen LogP contribution < -0.4 is 16.6 Å². The van der Waals surface area contributed by atoms with Crippen molar-refractivity contribution >= 4 is 34.0 Å². The zero-order valence-electron chi connectivity index (χ0n) is 15.6. The highest BCUT2D eigenvalue weighted by atomic mass is 32.1. The number of pyridine rings is 1. The Morgan fingerprint density at radius 3 is 2.86 bits per heavy atom. The minimum absolute atomic E-state index is 0.120. The Morgan fingerprint density at radius 1 is 1.28 bits per heavy atom. The van der Waals surface area contributed by atoms with Crippen molar-refractivity contribution in [3.63, 3.8) is 0 Å². The first-order valence-electron chi connectivity index (χ1n) is 8.66. The molecule has 0 radical (unpaired) electrons. The van der Waals surface area contributed by atoms with E-state index >= 15 is 0 Å². The largest absolute Gasteiger partial charge is 0.339 e. The van der Waals surface area contributed by atoms with Crippen LogP contribution in [0.5, 0.6) is 0 Å². The number of carbonyl (C=O) groups excluding carboxylic acids is 1. The number of nitrogens with zero attached hydrogens (tertiary/aromatic N) is 5. The van der Waals surface area contributed by atoms with E-state index in [1.807, 2.05) is 17.5 Å². The fourth-order valence-electron chi connectivity index (χ4n) is 2.84. The van der Waals surface area contributed by atoms with E-state index in [9.17, 15) is 14.4 Å². The van der Waals surface area contributed by atoms with E-state index in [4.69, 9.17) is 4.52 Å². The van der Waals surface area contributed by atoms with E-state index in [0.717, 1.165) is 9.44 Å². The van der Waals surface area contributed by atoms with Gasteiger partial charge in [-0.3, -0.25) is 18.7 Å². The normalized spacial score (nSPS) is 11.1. The highest BCUT2D eigenvalue weighted by molar-refractivity contribution is 7.13. The summed E-state index contributed by atoms with van der Waals surface area (Å²) in [5.41, 5.74) is -0.321. The summed E-state index contributed by atoms with van der Waals surface area (Å²) in [6.07, 6.45) is 1.80. The molecule has 1 amide bonds. The number of nitrogens with one attached hydrogen (secondary N) is 1. The number of hydrogen-bond acceptors (Lipinski definition) is 8. The summed E-state index contributed by atoms with van der Waals surface area (Å²) in [6.45, 7) is 0. The van der Waals surface area contributed by atoms with Crippen molar-refractivity contribution in [3.05, 3.63) is 56.5 Å². The summed E-state index contributed by atoms with van der Waals surface area (Å²) >= 11 is 1.50. The Labute approximate surface area is 167 Å². The number of fused-ring (bicyclic) bond motifs is 1. The number of anilines is 1. The van der Waals surface area contributed by atoms with Crippen LogP contribution in [-0.2, 0) is 25.3 Å². The molecule has 1 N–H and O–H groups in total. The summed E-state index contributed by atoms with van der Waals surface area (Å²) in [7, 11) is 2.93. The van der Waals surface area contributed by atoms with E-state index < -0.39 is 11.2 Å². The van der Waals surface area contributed by atoms with Crippen LogP contribution in [0.4, 0.5) is 5.69 Å². The van der Waals surface area contributed by atoms with Gasteiger partial charge in [-0.25, -0.2) is 9.78 Å². The topological polar surface area (TPSA) is 125 Å². The molecular formula is C18H16N6O4S. The maximum absolute atomic E-state index is 12.3. The van der Waals surface area contributed by atoms with Gasteiger partial charge in [-0.1, -0.05) is 11.2 Å². The molecule has 0 saturated carbocycles. The lowest BCUT2D eigenvalue weighted by Gasteiger charge is -2.08. The van der Waals surface area contributed by atoms with Crippen LogP contribution in [-0.4, -0.2) is 30.2 Å². The molecule has 11 heteroatoms. The van der Waals surface area contributed by atoms with Gasteiger partial charge in [0.25, 0.3) is 5.56 Å². The number of hydrogen-bond donors (Lipinski definition) is 1. The average Bonchev–Trinajstić information content (AvgIpc) is 3.40. The van der Waals surface area contributed by atoms with Gasteiger partial charge >= 0.3 is 5.69 Å². The van der Waals surface area contributed by atoms with E-state index in [1.165, 1.54) is 42.3 Å². The van der Waals surface area contributed by atoms with Crippen molar-refractivity contribution in [2.45, 2.75) is 12.8 Å². The molecule has 148 valence electrons. The highest BCUT2D eigenvalue weighted by Gasteiger charge is 2.13. The molecule has 4 heterocycles. The number of rotatable bonds is 5. The summed E-state index contributed by atoms with van der Waals surface area (Å²) in [6, 6.07) is 5.29. The Morgan fingerprint density at radius 2 is 2.10 bits per heavy atom. The lowest BCUT2D eigenvalue weighted by atomic mass is 10.2. The maximum atomic E-state index is 12.3. The molecule has 0 unspecified atom stereocenters. The summed E-state index contributed by atoms with van der Waals surface area (Å²) in [5.74, 6) is 0.573. The monoisotopic (exact) mass is 412 g/mol. The summed E-state index contributed by atoms with van der Waals surface area (Å²) in [5, 5.41) is 8.76. The van der Waals surface area contributed by atoms with E-state index in [0.29, 0.717) is 17.4 Å². The van der Waals surface area contributed by atoms with Gasteiger partial charge in [-0.15, -0.1) is 11.3 Å². The zero-order chi connectivity index (χ0) is 20.5. The molecule has 0 saturated heterocycles. The van der Waals surface area contributed by atoms with Crippen LogP contribution in [0.15, 0.2) is 43.9 Å². The molecule has 4 aromatic rings. The predicted molar refractivity (Wildman–Crippen MR) is 107 cm³/mol. The fraction of sp³-hybridized carbons (Fsp3) is 0.222. The minimum atomic E-state index is -0.473. The molecule has 0 bridgehead atoms. The van der Waals surface area contributed by atoms with Gasteiger partial charge in [0.05, 0.1) is 22.1 Å². The Bertz CT molecular complexity index is 1320. The molecule has 0 aliphatic heterocycles. The van der Waals surface area contributed by atoms with Crippen molar-refractivity contribution < 1.29 is 9.32 Å². The zero-order valence-corrected chi connectivity index (χ0v) is 16.4. The van der Waals surface area contributed by atoms with E-state index in [-0.39, 0.29) is 29.8 Å². The van der Waals surface area contributed by atoms with Crippen LogP contribution in [0.1, 0.15) is 12.3 Å². The van der Waals surface area contributed by atoms with Gasteiger partial charge in [0.1, 0.15) is 5.65 Å². The van der Waals surface area contributed by atoms with Crippen LogP contribution >= 0.6 is 11.3 Å². The maximum Gasteiger partial charge on any atom is 0.332 e. The molecule has 0 aliphatic rings. The first-order chi connectivity index (χ1) is 13.9. The van der Waals surface area contributed by atoms with Gasteiger partial charge in [0, 0.05) is 26.9 Å². The quantitative estimate of drug-likeness (QED) is 0.524. The van der Waals surface area contributed by atoms with Crippen LogP contribution in [0.3, 0.4) is 0 Å². The Hall–Kier alpha value is -3.60. The second kappa shape index (κ2) is 7.43. The molecule has 10 nitrogen and oxygen atoms in total. The predicted octanol–water partition coefficient (Wildman–Crippen LogP) is 1.31. The van der Waals surface area contributed by atoms with Gasteiger partial charge in [-0.2, -0.15) is 4.98 Å². The fourth-order valence-corrected chi connectivity index (χ4v) is 3.49. The Balaban J connectivity index is 1.47. The third-order valence-electron chi connectivity index (χ3n) is 4.35. The lowest BCUT2D eigenvalue weighted by molar-refractivity contribution is -0.116. The van der Waals surface area contributed by atoms with Gasteiger partial charge in [0.15, 0.2) is 0 Å². The van der Waals surface area contributed by atoms with Crippen LogP contribution in [0.25, 0.3) is 21.7 Å². The lowest BCUT2D eigenvalue weighted by Crippen LogP contribution is -2.37. The number of thiophene rings is 1. The number of aromatic nitrogens is 5. The molecular weight excluding hydrogens is 396 g/mol. The highest BCUT2D eigenvalue weighted by Crippen LogP contribution is 2.21. The smallest absolute Gasteiger partial charge is 0.332 e. The third-order valence-corrected chi connectivity index (χ3v) is 5.22. The number of carbonyl (C=O) groups is 1. The van der Waals surface area contributed by atoms with E-state index in [2.05, 4.69) is 20.4 Å². The van der Waals surface area contributed by atoms with Crippen molar-refractivity contribution in [3.8, 4) is 10.7 Å². The number of amides is 1. The molecule has 0 aliphatic carbocycles. The first-order valence-corrected chi connectivity index (χ1v) is 9.54. The average molecular weight is 412 g/mol. The molecule has 0 spiro atoms. The van der Waals surface area contributed by atoms with Crippen molar-refractivity contribution in [1.82, 2.24) is 24.3 Å². The Kier molecular flexibility index (Phi) is 4.80. The molecule has 0 fully saturated rings. The summed E-state index contributed by atoms with van der Waals surface area (Å²) < 4.78 is 7.45. The third kappa shape index (κ3) is 3.59. The van der Waals surface area contributed by atoms with E-state index in [1.54, 1.807) is 0 Å². The number of aryl methyl sites for hydroxylation is 2. The van der Waals surface area contributed by atoms with Gasteiger partial charge in [-0.05, 0) is 17.5 Å². The molecule has 0 atom stereocenters. The van der Waals surface area contributed by atoms with Crippen LogP contribution in [0.2, 0.25) is 0 Å². The molecule has 29 heavy (non-hydrogen) atoms. The molecule has 4 aromatic heterocycles. The van der Waals surface area contributed by atoms with Gasteiger partial charge < -0.3 is 9.84 Å². The SMILES string of the molecule is Cn1c(=O)c2cc(NC(=O)CCc3nc(-c4cccs4)no3)cnc2n(C)c1=O. The van der Waals surface area contributed by atoms with Crippen LogP contribution in [0, 0.1) is 0 Å². The second-order valence-electron chi connectivity index (χ2n) is 6.34. The molecule has 0 aromatic carbocycles. The van der Waals surface area contributed by atoms with Gasteiger partial charge in [0.2, 0.25) is 17.6 Å². The molecule has 4 rings (SSSR count). The summed E-state index contributed by atoms with van der Waals surface area (Å²) in [4.78, 5) is 45.9. The standard InChI is InChI=1S/C18H16N6O4S/c1-23-16-11(17(26)24(2)18(23)27)8-10(9-19-16)20-13(25)5-6-14-21-15(22-28-14)12-4-3-7-29-12/h3-4,7-9H,5-6H2,1-2H3,(H,20,25). The van der Waals surface area contributed by atoms with Crippen molar-refractivity contribution in [2.24, 2.45) is 14.1 Å².